The molecule has 2 N–H and O–H groups in total. The van der Waals surface area contributed by atoms with E-state index in [2.05, 4.69) is 14.9 Å². The van der Waals surface area contributed by atoms with Crippen LogP contribution < -0.4 is 10.6 Å². The molecule has 0 saturated heterocycles. The fraction of sp³-hybridized carbons (Fsp3) is 0.385. The molecule has 0 aliphatic rings. The van der Waals surface area contributed by atoms with Crippen molar-refractivity contribution in [3.63, 3.8) is 0 Å². The van der Waals surface area contributed by atoms with Gasteiger partial charge in [0.15, 0.2) is 0 Å². The number of nitrogens with zero attached hydrogens (tertiary/aromatic N) is 3. The van der Waals surface area contributed by atoms with Crippen LogP contribution in [0.1, 0.15) is 0 Å². The van der Waals surface area contributed by atoms with Gasteiger partial charge < -0.3 is 15.4 Å². The van der Waals surface area contributed by atoms with E-state index in [1.165, 1.54) is 0 Å². The molecule has 0 bridgehead atoms. The van der Waals surface area contributed by atoms with Gasteiger partial charge in [0.25, 0.3) is 0 Å². The quantitative estimate of drug-likeness (QED) is 0.825. The number of fused-ring (bicyclic) bond motifs is 1. The van der Waals surface area contributed by atoms with E-state index in [0.29, 0.717) is 13.2 Å². The molecule has 1 heterocycles. The minimum Gasteiger partial charge on any atom is -0.383 e. The minimum atomic E-state index is 0.585. The lowest BCUT2D eigenvalue weighted by molar-refractivity contribution is 0.205. The molecular weight excluding hydrogens is 228 g/mol. The zero-order valence-electron chi connectivity index (χ0n) is 10.5. The zero-order chi connectivity index (χ0) is 12.8. The number of nitrogens with two attached hydrogens (primary N) is 1. The highest BCUT2D eigenvalue weighted by molar-refractivity contribution is 5.89. The standard InChI is InChI=1S/C13H18N4O/c1-18-9-8-17(7-6-14)13-11-4-2-3-5-12(11)15-10-16-13/h2-5,10H,6-9,14H2,1H3. The van der Waals surface area contributed by atoms with Crippen LogP contribution in [0.2, 0.25) is 0 Å². The molecule has 0 fully saturated rings. The Morgan fingerprint density at radius 1 is 1.22 bits per heavy atom. The number of hydrogen-bond donors (Lipinski definition) is 1. The lowest BCUT2D eigenvalue weighted by Crippen LogP contribution is -2.33. The van der Waals surface area contributed by atoms with E-state index in [4.69, 9.17) is 10.5 Å². The molecule has 0 atom stereocenters. The molecule has 0 aliphatic heterocycles. The Morgan fingerprint density at radius 3 is 2.83 bits per heavy atom. The Hall–Kier alpha value is -1.72. The van der Waals surface area contributed by atoms with Gasteiger partial charge in [-0.3, -0.25) is 0 Å². The smallest absolute Gasteiger partial charge is 0.140 e. The number of para-hydroxylation sites is 1. The first kappa shape index (κ1) is 12.7. The molecular formula is C13H18N4O. The lowest BCUT2D eigenvalue weighted by atomic mass is 10.2. The van der Waals surface area contributed by atoms with Crippen molar-refractivity contribution in [1.82, 2.24) is 9.97 Å². The van der Waals surface area contributed by atoms with Crippen LogP contribution >= 0.6 is 0 Å². The van der Waals surface area contributed by atoms with Gasteiger partial charge in [-0.2, -0.15) is 0 Å². The highest BCUT2D eigenvalue weighted by atomic mass is 16.5. The molecule has 18 heavy (non-hydrogen) atoms. The first-order valence-electron chi connectivity index (χ1n) is 6.00. The van der Waals surface area contributed by atoms with Crippen molar-refractivity contribution in [3.8, 4) is 0 Å². The van der Waals surface area contributed by atoms with E-state index in [9.17, 15) is 0 Å². The average Bonchev–Trinajstić information content (AvgIpc) is 2.43. The van der Waals surface area contributed by atoms with Gasteiger partial charge in [0, 0.05) is 32.1 Å². The first-order valence-corrected chi connectivity index (χ1v) is 6.00. The second kappa shape index (κ2) is 6.28. The van der Waals surface area contributed by atoms with Crippen molar-refractivity contribution in [2.75, 3.05) is 38.3 Å². The summed E-state index contributed by atoms with van der Waals surface area (Å²) in [6.45, 7) is 2.76. The fourth-order valence-electron chi connectivity index (χ4n) is 1.92. The van der Waals surface area contributed by atoms with Gasteiger partial charge in [0.05, 0.1) is 12.1 Å². The van der Waals surface area contributed by atoms with Crippen molar-refractivity contribution in [2.45, 2.75) is 0 Å². The van der Waals surface area contributed by atoms with Crippen LogP contribution in [0.4, 0.5) is 5.82 Å². The van der Waals surface area contributed by atoms with Crippen LogP contribution in [0.15, 0.2) is 30.6 Å². The number of methoxy groups -OCH3 is 1. The van der Waals surface area contributed by atoms with Gasteiger partial charge in [-0.15, -0.1) is 0 Å². The fourth-order valence-corrected chi connectivity index (χ4v) is 1.92. The Labute approximate surface area is 107 Å². The summed E-state index contributed by atoms with van der Waals surface area (Å²) in [5, 5.41) is 1.05. The predicted octanol–water partition coefficient (Wildman–Crippen LogP) is 1.04. The van der Waals surface area contributed by atoms with Crippen molar-refractivity contribution >= 4 is 16.7 Å². The summed E-state index contributed by atoms with van der Waals surface area (Å²) in [6.07, 6.45) is 1.59. The Balaban J connectivity index is 2.36. The normalized spacial score (nSPS) is 10.8. The summed E-state index contributed by atoms with van der Waals surface area (Å²) in [5.41, 5.74) is 6.60. The second-order valence-corrected chi connectivity index (χ2v) is 3.98. The molecule has 2 aromatic rings. The van der Waals surface area contributed by atoms with E-state index >= 15 is 0 Å². The number of ether oxygens (including phenoxy) is 1. The third-order valence-corrected chi connectivity index (χ3v) is 2.79. The zero-order valence-corrected chi connectivity index (χ0v) is 10.5. The summed E-state index contributed by atoms with van der Waals surface area (Å²) >= 11 is 0. The highest BCUT2D eigenvalue weighted by Crippen LogP contribution is 2.21. The van der Waals surface area contributed by atoms with E-state index < -0.39 is 0 Å². The number of anilines is 1. The van der Waals surface area contributed by atoms with Crippen LogP contribution in [0.5, 0.6) is 0 Å². The van der Waals surface area contributed by atoms with Gasteiger partial charge in [-0.05, 0) is 12.1 Å². The van der Waals surface area contributed by atoms with Gasteiger partial charge >= 0.3 is 0 Å². The minimum absolute atomic E-state index is 0.585. The van der Waals surface area contributed by atoms with Crippen molar-refractivity contribution in [2.24, 2.45) is 5.73 Å². The number of benzene rings is 1. The molecule has 5 heteroatoms. The highest BCUT2D eigenvalue weighted by Gasteiger charge is 2.10. The Kier molecular flexibility index (Phi) is 4.44. The summed E-state index contributed by atoms with van der Waals surface area (Å²) in [5.74, 6) is 0.920. The van der Waals surface area contributed by atoms with Crippen LogP contribution in [-0.4, -0.2) is 43.3 Å². The van der Waals surface area contributed by atoms with Gasteiger partial charge in [0.1, 0.15) is 12.1 Å². The van der Waals surface area contributed by atoms with E-state index in [1.54, 1.807) is 13.4 Å². The second-order valence-electron chi connectivity index (χ2n) is 3.98. The number of hydrogen-bond acceptors (Lipinski definition) is 5. The predicted molar refractivity (Wildman–Crippen MR) is 72.7 cm³/mol. The Bertz CT molecular complexity index is 498. The van der Waals surface area contributed by atoms with Crippen LogP contribution in [-0.2, 0) is 4.74 Å². The van der Waals surface area contributed by atoms with Crippen molar-refractivity contribution in [1.29, 1.82) is 0 Å². The number of rotatable bonds is 6. The van der Waals surface area contributed by atoms with E-state index in [-0.39, 0.29) is 0 Å². The van der Waals surface area contributed by atoms with Gasteiger partial charge in [-0.25, -0.2) is 9.97 Å². The molecule has 0 unspecified atom stereocenters. The SMILES string of the molecule is COCCN(CCN)c1ncnc2ccccc12. The van der Waals surface area contributed by atoms with E-state index in [1.807, 2.05) is 24.3 Å². The first-order chi connectivity index (χ1) is 8.86. The molecule has 0 aliphatic carbocycles. The van der Waals surface area contributed by atoms with Crippen molar-refractivity contribution in [3.05, 3.63) is 30.6 Å². The molecule has 2 rings (SSSR count). The number of aromatic nitrogens is 2. The molecule has 1 aromatic heterocycles. The molecule has 0 amide bonds. The third-order valence-electron chi connectivity index (χ3n) is 2.79. The van der Waals surface area contributed by atoms with Crippen LogP contribution in [0.25, 0.3) is 10.9 Å². The largest absolute Gasteiger partial charge is 0.383 e. The van der Waals surface area contributed by atoms with Crippen LogP contribution in [0, 0.1) is 0 Å². The van der Waals surface area contributed by atoms with Gasteiger partial charge in [0.2, 0.25) is 0 Å². The molecule has 1 aromatic carbocycles. The Morgan fingerprint density at radius 2 is 2.06 bits per heavy atom. The monoisotopic (exact) mass is 246 g/mol. The van der Waals surface area contributed by atoms with Crippen molar-refractivity contribution < 1.29 is 4.74 Å². The average molecular weight is 246 g/mol. The summed E-state index contributed by atoms with van der Waals surface area (Å²) in [4.78, 5) is 10.8. The summed E-state index contributed by atoms with van der Waals surface area (Å²) < 4.78 is 5.13. The van der Waals surface area contributed by atoms with Gasteiger partial charge in [-0.1, -0.05) is 12.1 Å². The molecule has 96 valence electrons. The molecule has 0 saturated carbocycles. The maximum absolute atomic E-state index is 5.66. The third kappa shape index (κ3) is 2.75. The maximum Gasteiger partial charge on any atom is 0.140 e. The summed E-state index contributed by atoms with van der Waals surface area (Å²) in [6, 6.07) is 7.98. The summed E-state index contributed by atoms with van der Waals surface area (Å²) in [7, 11) is 1.69. The molecule has 5 nitrogen and oxygen atoms in total. The topological polar surface area (TPSA) is 64.3 Å². The van der Waals surface area contributed by atoms with E-state index in [0.717, 1.165) is 29.8 Å². The molecule has 0 radical (unpaired) electrons. The maximum atomic E-state index is 5.66. The lowest BCUT2D eigenvalue weighted by Gasteiger charge is -2.23. The molecule has 0 spiro atoms. The van der Waals surface area contributed by atoms with Crippen LogP contribution in [0.3, 0.4) is 0 Å².